The monoisotopic (exact) mass is 207 g/mol. The van der Waals surface area contributed by atoms with Crippen LogP contribution in [-0.2, 0) is 0 Å². The number of carbonyl (C=O) groups excluding carboxylic acids is 1. The molecule has 0 heterocycles. The van der Waals surface area contributed by atoms with E-state index in [0.29, 0.717) is 0 Å². The molecule has 1 amide bonds. The summed E-state index contributed by atoms with van der Waals surface area (Å²) in [7, 11) is 1.80. The van der Waals surface area contributed by atoms with Crippen LogP contribution in [-0.4, -0.2) is 23.3 Å². The normalized spacial score (nSPS) is 9.50. The molecule has 0 radical (unpaired) electrons. The van der Waals surface area contributed by atoms with Gasteiger partial charge in [-0.25, -0.2) is 0 Å². The minimum Gasteiger partial charge on any atom is -0.336 e. The standard InChI is InChI=1S/C7H14BrNO/c1-3-4-5-6-9(2)7(8)10/h3-6H2,1-2H3. The van der Waals surface area contributed by atoms with E-state index in [1.165, 1.54) is 12.8 Å². The van der Waals surface area contributed by atoms with Crippen LogP contribution < -0.4 is 0 Å². The molecule has 0 N–H and O–H groups in total. The Morgan fingerprint density at radius 2 is 2.10 bits per heavy atom. The van der Waals surface area contributed by atoms with E-state index in [4.69, 9.17) is 0 Å². The number of carbonyl (C=O) groups is 1. The minimum atomic E-state index is -0.0244. The molecule has 0 bridgehead atoms. The minimum absolute atomic E-state index is 0.0244. The van der Waals surface area contributed by atoms with Crippen molar-refractivity contribution in [3.05, 3.63) is 0 Å². The van der Waals surface area contributed by atoms with Gasteiger partial charge in [0.15, 0.2) is 0 Å². The molecule has 0 aliphatic carbocycles. The van der Waals surface area contributed by atoms with Gasteiger partial charge in [0, 0.05) is 29.5 Å². The van der Waals surface area contributed by atoms with Crippen LogP contribution in [0.4, 0.5) is 4.79 Å². The lowest BCUT2D eigenvalue weighted by Crippen LogP contribution is -2.21. The van der Waals surface area contributed by atoms with Crippen molar-refractivity contribution in [1.82, 2.24) is 4.90 Å². The van der Waals surface area contributed by atoms with E-state index in [0.717, 1.165) is 13.0 Å². The van der Waals surface area contributed by atoms with Gasteiger partial charge in [-0.2, -0.15) is 0 Å². The number of halogens is 1. The van der Waals surface area contributed by atoms with E-state index in [1.807, 2.05) is 0 Å². The van der Waals surface area contributed by atoms with E-state index < -0.39 is 0 Å². The van der Waals surface area contributed by atoms with Crippen molar-refractivity contribution in [3.63, 3.8) is 0 Å². The Labute approximate surface area is 70.7 Å². The summed E-state index contributed by atoms with van der Waals surface area (Å²) in [4.78, 5) is 12.2. The fourth-order valence-corrected chi connectivity index (χ4v) is 0.864. The van der Waals surface area contributed by atoms with Crippen molar-refractivity contribution in [3.8, 4) is 0 Å². The zero-order valence-corrected chi connectivity index (χ0v) is 8.15. The summed E-state index contributed by atoms with van der Waals surface area (Å²) in [5.74, 6) is 0. The molecule has 0 aromatic carbocycles. The van der Waals surface area contributed by atoms with Gasteiger partial charge in [0.1, 0.15) is 0 Å². The molecule has 0 fully saturated rings. The summed E-state index contributed by atoms with van der Waals surface area (Å²) in [5, 5.41) is 0. The highest BCUT2D eigenvalue weighted by Gasteiger charge is 2.00. The van der Waals surface area contributed by atoms with Gasteiger partial charge in [-0.1, -0.05) is 19.8 Å². The zero-order valence-electron chi connectivity index (χ0n) is 6.56. The lowest BCUT2D eigenvalue weighted by Gasteiger charge is -2.11. The zero-order chi connectivity index (χ0) is 7.98. The topological polar surface area (TPSA) is 20.3 Å². The maximum atomic E-state index is 10.6. The first kappa shape index (κ1) is 9.95. The Kier molecular flexibility index (Phi) is 5.69. The Morgan fingerprint density at radius 1 is 1.50 bits per heavy atom. The summed E-state index contributed by atoms with van der Waals surface area (Å²) in [6.07, 6.45) is 3.50. The maximum absolute atomic E-state index is 10.6. The van der Waals surface area contributed by atoms with Gasteiger partial charge in [0.25, 0.3) is 4.82 Å². The smallest absolute Gasteiger partial charge is 0.289 e. The van der Waals surface area contributed by atoms with Crippen LogP contribution in [0.25, 0.3) is 0 Å². The van der Waals surface area contributed by atoms with Gasteiger partial charge in [-0.15, -0.1) is 0 Å². The largest absolute Gasteiger partial charge is 0.336 e. The number of amides is 1. The molecule has 60 valence electrons. The first-order valence-corrected chi connectivity index (χ1v) is 4.38. The molecule has 0 saturated carbocycles. The molecule has 0 rings (SSSR count). The van der Waals surface area contributed by atoms with Crippen LogP contribution >= 0.6 is 15.9 Å². The van der Waals surface area contributed by atoms with Gasteiger partial charge < -0.3 is 4.90 Å². The average Bonchev–Trinajstić information content (AvgIpc) is 1.88. The van der Waals surface area contributed by atoms with Gasteiger partial charge in [0.05, 0.1) is 0 Å². The second kappa shape index (κ2) is 5.71. The van der Waals surface area contributed by atoms with E-state index >= 15 is 0 Å². The SMILES string of the molecule is CCCCCN(C)C(=O)Br. The third-order valence-corrected chi connectivity index (χ3v) is 2.00. The van der Waals surface area contributed by atoms with Crippen molar-refractivity contribution < 1.29 is 4.79 Å². The summed E-state index contributed by atoms with van der Waals surface area (Å²) in [5.41, 5.74) is 0. The summed E-state index contributed by atoms with van der Waals surface area (Å²) in [6, 6.07) is 0. The Bertz CT molecular complexity index is 106. The molecule has 0 saturated heterocycles. The molecule has 0 atom stereocenters. The second-order valence-corrected chi connectivity index (χ2v) is 3.06. The number of hydrogen-bond acceptors (Lipinski definition) is 1. The average molecular weight is 208 g/mol. The first-order chi connectivity index (χ1) is 4.68. The molecule has 0 unspecified atom stereocenters. The van der Waals surface area contributed by atoms with Crippen LogP contribution in [0, 0.1) is 0 Å². The van der Waals surface area contributed by atoms with E-state index in [9.17, 15) is 4.79 Å². The summed E-state index contributed by atoms with van der Waals surface area (Å²) < 4.78 is 0. The number of nitrogens with zero attached hydrogens (tertiary/aromatic N) is 1. The number of hydrogen-bond donors (Lipinski definition) is 0. The molecule has 2 nitrogen and oxygen atoms in total. The molecule has 0 aromatic heterocycles. The molecule has 0 spiro atoms. The molecule has 0 aromatic rings. The predicted molar refractivity (Wildman–Crippen MR) is 46.5 cm³/mol. The molecular weight excluding hydrogens is 194 g/mol. The summed E-state index contributed by atoms with van der Waals surface area (Å²) in [6.45, 7) is 3.01. The Hall–Kier alpha value is -0.0500. The van der Waals surface area contributed by atoms with Crippen LogP contribution in [0.1, 0.15) is 26.2 Å². The fourth-order valence-electron chi connectivity index (χ4n) is 0.687. The van der Waals surface area contributed by atoms with Crippen molar-refractivity contribution >= 4 is 20.7 Å². The second-order valence-electron chi connectivity index (χ2n) is 2.38. The quantitative estimate of drug-likeness (QED) is 0.395. The first-order valence-electron chi connectivity index (χ1n) is 3.59. The van der Waals surface area contributed by atoms with Gasteiger partial charge in [0.2, 0.25) is 0 Å². The third-order valence-electron chi connectivity index (χ3n) is 1.40. The fraction of sp³-hybridized carbons (Fsp3) is 0.857. The number of unbranched alkanes of at least 4 members (excludes halogenated alkanes) is 2. The highest BCUT2D eigenvalue weighted by Crippen LogP contribution is 2.00. The lowest BCUT2D eigenvalue weighted by molar-refractivity contribution is 0.234. The Morgan fingerprint density at radius 3 is 2.50 bits per heavy atom. The van der Waals surface area contributed by atoms with Crippen LogP contribution in [0.3, 0.4) is 0 Å². The molecule has 10 heavy (non-hydrogen) atoms. The van der Waals surface area contributed by atoms with Gasteiger partial charge in [-0.3, -0.25) is 4.79 Å². The molecular formula is C7H14BrNO. The van der Waals surface area contributed by atoms with Crippen molar-refractivity contribution in [2.45, 2.75) is 26.2 Å². The van der Waals surface area contributed by atoms with Crippen LogP contribution in [0.2, 0.25) is 0 Å². The molecule has 3 heteroatoms. The third kappa shape index (κ3) is 4.79. The molecule has 0 aliphatic rings. The summed E-state index contributed by atoms with van der Waals surface area (Å²) >= 11 is 2.88. The molecule has 0 aliphatic heterocycles. The van der Waals surface area contributed by atoms with E-state index in [2.05, 4.69) is 22.9 Å². The van der Waals surface area contributed by atoms with Crippen molar-refractivity contribution in [2.75, 3.05) is 13.6 Å². The van der Waals surface area contributed by atoms with Gasteiger partial charge >= 0.3 is 0 Å². The number of rotatable bonds is 4. The maximum Gasteiger partial charge on any atom is 0.289 e. The van der Waals surface area contributed by atoms with Crippen LogP contribution in [0.15, 0.2) is 0 Å². The highest BCUT2D eigenvalue weighted by atomic mass is 79.9. The van der Waals surface area contributed by atoms with Crippen molar-refractivity contribution in [2.24, 2.45) is 0 Å². The lowest BCUT2D eigenvalue weighted by atomic mass is 10.2. The highest BCUT2D eigenvalue weighted by molar-refractivity contribution is 9.18. The van der Waals surface area contributed by atoms with Crippen LogP contribution in [0.5, 0.6) is 0 Å². The van der Waals surface area contributed by atoms with E-state index in [1.54, 1.807) is 11.9 Å². The Balaban J connectivity index is 3.21. The van der Waals surface area contributed by atoms with E-state index in [-0.39, 0.29) is 4.82 Å². The van der Waals surface area contributed by atoms with Gasteiger partial charge in [-0.05, 0) is 6.42 Å². The predicted octanol–water partition coefficient (Wildman–Crippen LogP) is 2.62. The van der Waals surface area contributed by atoms with Crippen molar-refractivity contribution in [1.29, 1.82) is 0 Å².